The molecule has 1 aromatic heterocycles. The van der Waals surface area contributed by atoms with Crippen molar-refractivity contribution in [2.75, 3.05) is 20.8 Å². The average molecular weight is 494 g/mol. The molecule has 1 aliphatic rings. The first-order valence-corrected chi connectivity index (χ1v) is 9.71. The zero-order valence-corrected chi connectivity index (χ0v) is 18.4. The third-order valence-corrected chi connectivity index (χ3v) is 4.72. The van der Waals surface area contributed by atoms with Crippen LogP contribution in [0.15, 0.2) is 34.4 Å². The van der Waals surface area contributed by atoms with Crippen LogP contribution < -0.4 is 10.1 Å². The number of furan rings is 1. The van der Waals surface area contributed by atoms with Crippen molar-refractivity contribution in [1.29, 1.82) is 0 Å². The minimum Gasteiger partial charge on any atom is -0.474 e. The van der Waals surface area contributed by atoms with Crippen molar-refractivity contribution in [3.05, 3.63) is 62.2 Å². The van der Waals surface area contributed by atoms with Crippen LogP contribution in [0.25, 0.3) is 6.08 Å². The molecule has 0 radical (unpaired) electrons. The number of amides is 3. The fourth-order valence-corrected chi connectivity index (χ4v) is 3.14. The zero-order valence-electron chi connectivity index (χ0n) is 17.7. The van der Waals surface area contributed by atoms with E-state index in [9.17, 15) is 29.3 Å². The van der Waals surface area contributed by atoms with Gasteiger partial charge >= 0.3 is 23.7 Å². The van der Waals surface area contributed by atoms with Gasteiger partial charge < -0.3 is 23.9 Å². The van der Waals surface area contributed by atoms with E-state index in [1.807, 2.05) is 0 Å². The summed E-state index contributed by atoms with van der Waals surface area (Å²) in [5.74, 6) is -2.55. The Morgan fingerprint density at radius 3 is 2.62 bits per heavy atom. The molecule has 1 aliphatic heterocycles. The van der Waals surface area contributed by atoms with Gasteiger partial charge in [0.05, 0.1) is 30.7 Å². The normalized spacial score (nSPS) is 14.2. The number of rotatable bonds is 8. The summed E-state index contributed by atoms with van der Waals surface area (Å²) in [6, 6.07) is 4.28. The van der Waals surface area contributed by atoms with Crippen molar-refractivity contribution < 1.29 is 42.7 Å². The molecule has 0 atom stereocenters. The van der Waals surface area contributed by atoms with Crippen LogP contribution in [0.3, 0.4) is 0 Å². The van der Waals surface area contributed by atoms with Crippen LogP contribution in [0.4, 0.5) is 10.5 Å². The van der Waals surface area contributed by atoms with Crippen LogP contribution in [0.2, 0.25) is 5.02 Å². The van der Waals surface area contributed by atoms with Crippen LogP contribution in [-0.2, 0) is 25.6 Å². The van der Waals surface area contributed by atoms with Gasteiger partial charge in [0.15, 0.2) is 6.61 Å². The lowest BCUT2D eigenvalue weighted by molar-refractivity contribution is -0.385. The number of imide groups is 1. The van der Waals surface area contributed by atoms with E-state index in [1.54, 1.807) is 0 Å². The fourth-order valence-electron chi connectivity index (χ4n) is 2.86. The number of halogens is 1. The van der Waals surface area contributed by atoms with Crippen molar-refractivity contribution in [2.24, 2.45) is 0 Å². The molecule has 1 N–H and O–H groups in total. The van der Waals surface area contributed by atoms with Crippen LogP contribution in [0.5, 0.6) is 5.75 Å². The monoisotopic (exact) mass is 493 g/mol. The predicted octanol–water partition coefficient (Wildman–Crippen LogP) is 2.27. The Bertz CT molecular complexity index is 1220. The maximum atomic E-state index is 12.7. The minimum atomic E-state index is -0.780. The van der Waals surface area contributed by atoms with Gasteiger partial charge in [-0.05, 0) is 29.8 Å². The maximum Gasteiger partial charge on any atom is 0.373 e. The van der Waals surface area contributed by atoms with Crippen LogP contribution in [0.1, 0.15) is 21.9 Å². The molecule has 13 nitrogen and oxygen atoms in total. The molecule has 1 saturated heterocycles. The summed E-state index contributed by atoms with van der Waals surface area (Å²) in [5.41, 5.74) is -0.639. The molecule has 1 aromatic carbocycles. The maximum absolute atomic E-state index is 12.7. The van der Waals surface area contributed by atoms with Crippen molar-refractivity contribution in [3.63, 3.8) is 0 Å². The standard InChI is InChI=1S/C20H16ClN3O10/c1-31-16(25)9-33-17-12(21)5-10(7-14(17)24(29)30)6-13-18(26)23(20(28)22-13)8-11-3-4-15(34-11)19(27)32-2/h3-7H,8-9H2,1-2H3,(H,22,28)/b13-6-. The molecule has 178 valence electrons. The SMILES string of the molecule is COC(=O)COc1c(Cl)cc(/C=C2\NC(=O)N(Cc3ccc(C(=O)OC)o3)C2=O)cc1[N+](=O)[O-]. The largest absolute Gasteiger partial charge is 0.474 e. The lowest BCUT2D eigenvalue weighted by Gasteiger charge is -2.09. The Balaban J connectivity index is 1.83. The minimum absolute atomic E-state index is 0.100. The first-order valence-electron chi connectivity index (χ1n) is 9.33. The number of esters is 2. The van der Waals surface area contributed by atoms with Crippen LogP contribution >= 0.6 is 11.6 Å². The topological polar surface area (TPSA) is 168 Å². The van der Waals surface area contributed by atoms with Crippen LogP contribution in [0, 0.1) is 10.1 Å². The molecule has 3 amide bonds. The molecule has 0 bridgehead atoms. The van der Waals surface area contributed by atoms with Gasteiger partial charge in [-0.3, -0.25) is 19.8 Å². The van der Waals surface area contributed by atoms with E-state index >= 15 is 0 Å². The zero-order chi connectivity index (χ0) is 25.0. The van der Waals surface area contributed by atoms with Gasteiger partial charge in [-0.1, -0.05) is 11.6 Å². The Hall–Kier alpha value is -4.39. The lowest BCUT2D eigenvalue weighted by Crippen LogP contribution is -2.30. The van der Waals surface area contributed by atoms with E-state index in [0.717, 1.165) is 18.1 Å². The summed E-state index contributed by atoms with van der Waals surface area (Å²) in [4.78, 5) is 59.2. The van der Waals surface area contributed by atoms with Gasteiger partial charge in [0.1, 0.15) is 11.5 Å². The number of methoxy groups -OCH3 is 2. The van der Waals surface area contributed by atoms with Gasteiger partial charge in [0.25, 0.3) is 5.91 Å². The van der Waals surface area contributed by atoms with Gasteiger partial charge in [-0.15, -0.1) is 0 Å². The number of nitro benzene ring substituents is 1. The second-order valence-electron chi connectivity index (χ2n) is 6.61. The number of hydrogen-bond donors (Lipinski definition) is 1. The smallest absolute Gasteiger partial charge is 0.373 e. The number of benzene rings is 1. The number of hydrogen-bond acceptors (Lipinski definition) is 10. The molecule has 0 saturated carbocycles. The summed E-state index contributed by atoms with van der Waals surface area (Å²) in [6.07, 6.45) is 1.19. The number of carbonyl (C=O) groups is 4. The molecule has 3 rings (SSSR count). The summed E-state index contributed by atoms with van der Waals surface area (Å²) in [7, 11) is 2.30. The highest BCUT2D eigenvalue weighted by atomic mass is 35.5. The average Bonchev–Trinajstić information content (AvgIpc) is 3.37. The Morgan fingerprint density at radius 2 is 1.97 bits per heavy atom. The Morgan fingerprint density at radius 1 is 1.24 bits per heavy atom. The van der Waals surface area contributed by atoms with Gasteiger partial charge in [0, 0.05) is 6.07 Å². The van der Waals surface area contributed by atoms with Gasteiger partial charge in [0.2, 0.25) is 11.5 Å². The number of urea groups is 1. The van der Waals surface area contributed by atoms with Gasteiger partial charge in [-0.25, -0.2) is 14.4 Å². The quantitative estimate of drug-likeness (QED) is 0.189. The molecule has 14 heteroatoms. The molecule has 0 spiro atoms. The third kappa shape index (κ3) is 5.15. The highest BCUT2D eigenvalue weighted by Gasteiger charge is 2.34. The number of nitrogens with one attached hydrogen (secondary N) is 1. The van der Waals surface area contributed by atoms with Gasteiger partial charge in [-0.2, -0.15) is 0 Å². The first kappa shape index (κ1) is 24.3. The number of carbonyl (C=O) groups excluding carboxylic acids is 4. The van der Waals surface area contributed by atoms with Crippen molar-refractivity contribution in [1.82, 2.24) is 10.2 Å². The summed E-state index contributed by atoms with van der Waals surface area (Å²) in [6.45, 7) is -0.883. The summed E-state index contributed by atoms with van der Waals surface area (Å²) >= 11 is 6.09. The molecular formula is C20H16ClN3O10. The molecule has 34 heavy (non-hydrogen) atoms. The predicted molar refractivity (Wildman–Crippen MR) is 113 cm³/mol. The molecule has 0 aliphatic carbocycles. The second kappa shape index (κ2) is 10.0. The number of nitro groups is 1. The summed E-state index contributed by atoms with van der Waals surface area (Å²) in [5, 5.41) is 13.6. The molecule has 2 heterocycles. The van der Waals surface area contributed by atoms with Crippen molar-refractivity contribution >= 4 is 47.2 Å². The Kier molecular flexibility index (Phi) is 7.16. The van der Waals surface area contributed by atoms with E-state index < -0.39 is 41.1 Å². The van der Waals surface area contributed by atoms with E-state index in [2.05, 4.69) is 14.8 Å². The van der Waals surface area contributed by atoms with E-state index in [0.29, 0.717) is 0 Å². The van der Waals surface area contributed by atoms with E-state index in [-0.39, 0.29) is 40.1 Å². The van der Waals surface area contributed by atoms with Crippen molar-refractivity contribution in [3.8, 4) is 5.75 Å². The highest BCUT2D eigenvalue weighted by Crippen LogP contribution is 2.37. The summed E-state index contributed by atoms with van der Waals surface area (Å²) < 4.78 is 19.3. The van der Waals surface area contributed by atoms with E-state index in [4.69, 9.17) is 20.8 Å². The second-order valence-corrected chi connectivity index (χ2v) is 7.02. The molecular weight excluding hydrogens is 478 g/mol. The molecule has 2 aromatic rings. The molecule has 0 unspecified atom stereocenters. The first-order chi connectivity index (χ1) is 16.1. The Labute approximate surface area is 195 Å². The van der Waals surface area contributed by atoms with Crippen LogP contribution in [-0.4, -0.2) is 54.5 Å². The number of ether oxygens (including phenoxy) is 3. The van der Waals surface area contributed by atoms with E-state index in [1.165, 1.54) is 31.4 Å². The third-order valence-electron chi connectivity index (χ3n) is 4.44. The molecule has 1 fully saturated rings. The fraction of sp³-hybridized carbons (Fsp3) is 0.200. The highest BCUT2D eigenvalue weighted by molar-refractivity contribution is 6.32. The number of nitrogens with zero attached hydrogens (tertiary/aromatic N) is 2. The lowest BCUT2D eigenvalue weighted by atomic mass is 10.1. The van der Waals surface area contributed by atoms with Crippen molar-refractivity contribution in [2.45, 2.75) is 6.54 Å².